The Morgan fingerprint density at radius 1 is 1.61 bits per heavy atom. The lowest BCUT2D eigenvalue weighted by Gasteiger charge is -2.35. The molecule has 0 saturated carbocycles. The third-order valence-electron chi connectivity index (χ3n) is 3.59. The third-order valence-corrected chi connectivity index (χ3v) is 3.59. The smallest absolute Gasteiger partial charge is 0.406 e. The average molecular weight is 248 g/mol. The molecule has 2 unspecified atom stereocenters. The minimum Gasteiger partial charge on any atom is -0.406 e. The fourth-order valence-electron chi connectivity index (χ4n) is 2.54. The van der Waals surface area contributed by atoms with Crippen LogP contribution in [0.1, 0.15) is 24.4 Å². The maximum absolute atomic E-state index is 11.1. The predicted octanol–water partition coefficient (Wildman–Crippen LogP) is 0.610. The van der Waals surface area contributed by atoms with Gasteiger partial charge < -0.3 is 10.2 Å². The Morgan fingerprint density at radius 3 is 3.28 bits per heavy atom. The van der Waals surface area contributed by atoms with Crippen LogP contribution in [-0.4, -0.2) is 34.5 Å². The van der Waals surface area contributed by atoms with Crippen LogP contribution in [0.3, 0.4) is 0 Å². The number of aromatic amines is 1. The molecule has 0 bridgehead atoms. The summed E-state index contributed by atoms with van der Waals surface area (Å²) in [6.45, 7) is 0.973. The van der Waals surface area contributed by atoms with Crippen molar-refractivity contribution in [1.29, 1.82) is 0 Å². The monoisotopic (exact) mass is 248 g/mol. The first kappa shape index (κ1) is 11.4. The highest BCUT2D eigenvalue weighted by Gasteiger charge is 2.25. The van der Waals surface area contributed by atoms with Crippen molar-refractivity contribution in [2.24, 2.45) is 5.73 Å². The van der Waals surface area contributed by atoms with Gasteiger partial charge in [-0.3, -0.25) is 9.88 Å². The Kier molecular flexibility index (Phi) is 2.68. The molecule has 3 heterocycles. The molecule has 2 aromatic rings. The van der Waals surface area contributed by atoms with E-state index < -0.39 is 5.76 Å². The number of oxazole rings is 1. The first-order valence-corrected chi connectivity index (χ1v) is 6.08. The fourth-order valence-corrected chi connectivity index (χ4v) is 2.54. The van der Waals surface area contributed by atoms with Gasteiger partial charge in [-0.15, -0.1) is 0 Å². The second-order valence-electron chi connectivity index (χ2n) is 4.91. The van der Waals surface area contributed by atoms with Gasteiger partial charge in [-0.05, 0) is 38.1 Å². The van der Waals surface area contributed by atoms with Crippen LogP contribution in [0.15, 0.2) is 21.5 Å². The van der Waals surface area contributed by atoms with Gasteiger partial charge in [0, 0.05) is 18.3 Å². The van der Waals surface area contributed by atoms with Crippen LogP contribution in [-0.2, 0) is 0 Å². The van der Waals surface area contributed by atoms with Gasteiger partial charge in [0.2, 0.25) is 0 Å². The molecule has 3 rings (SSSR count). The van der Waals surface area contributed by atoms with Crippen molar-refractivity contribution in [2.45, 2.75) is 24.9 Å². The Morgan fingerprint density at radius 2 is 2.44 bits per heavy atom. The van der Waals surface area contributed by atoms with Crippen LogP contribution in [0.5, 0.6) is 0 Å². The maximum Gasteiger partial charge on any atom is 0.418 e. The number of fused-ring (bicyclic) bond motifs is 1. The van der Waals surface area contributed by atoms with Crippen LogP contribution in [0.4, 0.5) is 0 Å². The minimum absolute atomic E-state index is 0.222. The molecule has 1 fully saturated rings. The van der Waals surface area contributed by atoms with Crippen LogP contribution >= 0.6 is 0 Å². The first-order chi connectivity index (χ1) is 8.63. The summed E-state index contributed by atoms with van der Waals surface area (Å²) >= 11 is 0. The molecular weight excluding hydrogens is 232 g/mol. The summed E-state index contributed by atoms with van der Waals surface area (Å²) in [4.78, 5) is 20.1. The first-order valence-electron chi connectivity index (χ1n) is 6.08. The summed E-state index contributed by atoms with van der Waals surface area (Å²) < 4.78 is 5.04. The minimum atomic E-state index is -0.469. The predicted molar refractivity (Wildman–Crippen MR) is 67.2 cm³/mol. The van der Waals surface area contributed by atoms with E-state index in [-0.39, 0.29) is 12.1 Å². The molecule has 0 aromatic carbocycles. The number of nitrogens with one attached hydrogen (secondary N) is 1. The molecule has 2 aromatic heterocycles. The highest BCUT2D eigenvalue weighted by molar-refractivity contribution is 5.67. The Hall–Kier alpha value is -1.66. The number of piperidine rings is 1. The van der Waals surface area contributed by atoms with Gasteiger partial charge in [-0.1, -0.05) is 0 Å². The Labute approximate surface area is 104 Å². The van der Waals surface area contributed by atoms with Gasteiger partial charge in [-0.2, -0.15) is 0 Å². The van der Waals surface area contributed by atoms with Gasteiger partial charge in [0.25, 0.3) is 0 Å². The van der Waals surface area contributed by atoms with Gasteiger partial charge in [0.05, 0.1) is 0 Å². The maximum atomic E-state index is 11.1. The number of likely N-dealkylation sites (tertiary alicyclic amines) is 1. The number of pyridine rings is 1. The van der Waals surface area contributed by atoms with E-state index in [2.05, 4.69) is 21.9 Å². The zero-order chi connectivity index (χ0) is 12.7. The molecule has 1 saturated heterocycles. The van der Waals surface area contributed by atoms with Gasteiger partial charge in [0.1, 0.15) is 0 Å². The van der Waals surface area contributed by atoms with E-state index >= 15 is 0 Å². The topological polar surface area (TPSA) is 88.1 Å². The molecule has 18 heavy (non-hydrogen) atoms. The van der Waals surface area contributed by atoms with E-state index in [1.54, 1.807) is 6.20 Å². The molecule has 0 amide bonds. The fraction of sp³-hybridized carbons (Fsp3) is 0.500. The molecule has 2 atom stereocenters. The largest absolute Gasteiger partial charge is 0.418 e. The zero-order valence-corrected chi connectivity index (χ0v) is 10.2. The van der Waals surface area contributed by atoms with E-state index in [1.807, 2.05) is 6.07 Å². The lowest BCUT2D eigenvalue weighted by Crippen LogP contribution is -2.39. The average Bonchev–Trinajstić information content (AvgIpc) is 2.71. The summed E-state index contributed by atoms with van der Waals surface area (Å²) in [6.07, 6.45) is 3.70. The van der Waals surface area contributed by atoms with Crippen LogP contribution < -0.4 is 11.5 Å². The van der Waals surface area contributed by atoms with Crippen LogP contribution in [0, 0.1) is 0 Å². The number of hydrogen-bond donors (Lipinski definition) is 2. The van der Waals surface area contributed by atoms with Crippen molar-refractivity contribution in [3.63, 3.8) is 0 Å². The van der Waals surface area contributed by atoms with E-state index in [4.69, 9.17) is 10.2 Å². The summed E-state index contributed by atoms with van der Waals surface area (Å²) in [5.74, 6) is -0.469. The van der Waals surface area contributed by atoms with Gasteiger partial charge in [0.15, 0.2) is 11.2 Å². The third kappa shape index (κ3) is 1.93. The Balaban J connectivity index is 1.99. The molecule has 1 aliphatic rings. The number of H-pyrrole nitrogens is 1. The van der Waals surface area contributed by atoms with E-state index in [0.717, 1.165) is 24.9 Å². The molecule has 0 radical (unpaired) electrons. The SMILES string of the molecule is CN1CCC(N)CC1c1cnc2[nH]c(=O)oc2c1. The van der Waals surface area contributed by atoms with Crippen molar-refractivity contribution >= 4 is 11.2 Å². The zero-order valence-electron chi connectivity index (χ0n) is 10.2. The van der Waals surface area contributed by atoms with Crippen LogP contribution in [0.25, 0.3) is 11.2 Å². The molecule has 1 aliphatic heterocycles. The summed E-state index contributed by atoms with van der Waals surface area (Å²) in [5, 5.41) is 0. The molecule has 0 aliphatic carbocycles. The standard InChI is InChI=1S/C12H16N4O2/c1-16-3-2-8(13)5-9(16)7-4-10-11(14-6-7)15-12(17)18-10/h4,6,8-9H,2-3,5,13H2,1H3,(H,14,15,17). The molecule has 96 valence electrons. The Bertz CT molecular complexity index is 618. The van der Waals surface area contributed by atoms with Gasteiger partial charge in [-0.25, -0.2) is 9.78 Å². The number of rotatable bonds is 1. The summed E-state index contributed by atoms with van der Waals surface area (Å²) in [7, 11) is 2.08. The summed E-state index contributed by atoms with van der Waals surface area (Å²) in [5.41, 5.74) is 8.06. The van der Waals surface area contributed by atoms with E-state index in [9.17, 15) is 4.79 Å². The molecule has 0 spiro atoms. The normalized spacial score (nSPS) is 25.7. The lowest BCUT2D eigenvalue weighted by atomic mass is 9.94. The van der Waals surface area contributed by atoms with Crippen LogP contribution in [0.2, 0.25) is 0 Å². The highest BCUT2D eigenvalue weighted by atomic mass is 16.4. The van der Waals surface area contributed by atoms with Gasteiger partial charge >= 0.3 is 5.76 Å². The van der Waals surface area contributed by atoms with Crippen molar-refractivity contribution in [3.05, 3.63) is 28.4 Å². The van der Waals surface area contributed by atoms with Crippen molar-refractivity contribution in [2.75, 3.05) is 13.6 Å². The molecule has 3 N–H and O–H groups in total. The number of nitrogens with two attached hydrogens (primary N) is 1. The number of aromatic nitrogens is 2. The summed E-state index contributed by atoms with van der Waals surface area (Å²) in [6, 6.07) is 2.34. The quantitative estimate of drug-likeness (QED) is 0.772. The molecule has 6 heteroatoms. The lowest BCUT2D eigenvalue weighted by molar-refractivity contribution is 0.171. The van der Waals surface area contributed by atoms with Crippen molar-refractivity contribution in [1.82, 2.24) is 14.9 Å². The number of hydrogen-bond acceptors (Lipinski definition) is 5. The van der Waals surface area contributed by atoms with Crippen molar-refractivity contribution < 1.29 is 4.42 Å². The number of nitrogens with zero attached hydrogens (tertiary/aromatic N) is 2. The second kappa shape index (κ2) is 4.22. The van der Waals surface area contributed by atoms with Crippen molar-refractivity contribution in [3.8, 4) is 0 Å². The highest BCUT2D eigenvalue weighted by Crippen LogP contribution is 2.29. The van der Waals surface area contributed by atoms with E-state index in [0.29, 0.717) is 11.2 Å². The van der Waals surface area contributed by atoms with E-state index in [1.165, 1.54) is 0 Å². The second-order valence-corrected chi connectivity index (χ2v) is 4.91. The molecule has 6 nitrogen and oxygen atoms in total. The molecular formula is C12H16N4O2.